The quantitative estimate of drug-likeness (QED) is 0.870. The van der Waals surface area contributed by atoms with Gasteiger partial charge in [-0.25, -0.2) is 5.43 Å². The van der Waals surface area contributed by atoms with Crippen molar-refractivity contribution in [2.24, 2.45) is 15.9 Å². The summed E-state index contributed by atoms with van der Waals surface area (Å²) < 4.78 is 0. The van der Waals surface area contributed by atoms with E-state index >= 15 is 0 Å². The molecule has 22 heavy (non-hydrogen) atoms. The number of fused-ring (bicyclic) bond motifs is 2. The van der Waals surface area contributed by atoms with Crippen molar-refractivity contribution in [2.75, 3.05) is 6.54 Å². The molecule has 3 rings (SSSR count). The molecule has 0 spiro atoms. The molecule has 5 nitrogen and oxygen atoms in total. The van der Waals surface area contributed by atoms with Crippen molar-refractivity contribution >= 4 is 17.5 Å². The van der Waals surface area contributed by atoms with E-state index in [2.05, 4.69) is 36.2 Å². The predicted molar refractivity (Wildman–Crippen MR) is 85.3 cm³/mol. The van der Waals surface area contributed by atoms with Crippen molar-refractivity contribution in [1.29, 1.82) is 0 Å². The Hall–Kier alpha value is -1.39. The summed E-state index contributed by atoms with van der Waals surface area (Å²) in [5.74, 6) is 0.226. The van der Waals surface area contributed by atoms with Crippen LogP contribution in [0.5, 0.6) is 0 Å². The van der Waals surface area contributed by atoms with Gasteiger partial charge >= 0.3 is 0 Å². The van der Waals surface area contributed by atoms with Gasteiger partial charge in [0.2, 0.25) is 11.8 Å². The summed E-state index contributed by atoms with van der Waals surface area (Å²) in [6.45, 7) is 7.88. The van der Waals surface area contributed by atoms with Crippen LogP contribution in [0, 0.1) is 10.8 Å². The van der Waals surface area contributed by atoms with Crippen LogP contribution in [0.25, 0.3) is 0 Å². The number of hydrogen-bond acceptors (Lipinski definition) is 3. The molecule has 1 aliphatic carbocycles. The van der Waals surface area contributed by atoms with Gasteiger partial charge in [-0.1, -0.05) is 20.8 Å². The standard InChI is InChI=1S/C17H27N3O2/c1-16(2)8-13-9-17(3,10-16)11-20(13)15(22)7-5-12-4-6-14(21)19-18-12/h13H,4-11H2,1-3H3,(H,19,21)/t13?,17-/m1/s1. The molecule has 5 heteroatoms. The van der Waals surface area contributed by atoms with Crippen LogP contribution < -0.4 is 5.43 Å². The molecule has 2 heterocycles. The highest BCUT2D eigenvalue weighted by Crippen LogP contribution is 2.52. The van der Waals surface area contributed by atoms with Gasteiger partial charge in [0, 0.05) is 31.1 Å². The summed E-state index contributed by atoms with van der Waals surface area (Å²) in [5, 5.41) is 4.06. The van der Waals surface area contributed by atoms with E-state index in [1.165, 1.54) is 6.42 Å². The van der Waals surface area contributed by atoms with Crippen molar-refractivity contribution < 1.29 is 9.59 Å². The van der Waals surface area contributed by atoms with Gasteiger partial charge < -0.3 is 4.90 Å². The van der Waals surface area contributed by atoms with Crippen LogP contribution in [0.15, 0.2) is 5.10 Å². The Morgan fingerprint density at radius 3 is 2.77 bits per heavy atom. The van der Waals surface area contributed by atoms with Gasteiger partial charge in [-0.2, -0.15) is 5.10 Å². The van der Waals surface area contributed by atoms with Gasteiger partial charge in [0.05, 0.1) is 0 Å². The van der Waals surface area contributed by atoms with Crippen molar-refractivity contribution in [3.05, 3.63) is 0 Å². The zero-order chi connectivity index (χ0) is 16.0. The smallest absolute Gasteiger partial charge is 0.240 e. The average Bonchev–Trinajstić information content (AvgIpc) is 2.67. The van der Waals surface area contributed by atoms with Gasteiger partial charge in [-0.3, -0.25) is 9.59 Å². The number of nitrogens with zero attached hydrogens (tertiary/aromatic N) is 2. The maximum absolute atomic E-state index is 12.6. The summed E-state index contributed by atoms with van der Waals surface area (Å²) in [7, 11) is 0. The van der Waals surface area contributed by atoms with Gasteiger partial charge in [0.15, 0.2) is 0 Å². The second kappa shape index (κ2) is 5.36. The molecular formula is C17H27N3O2. The van der Waals surface area contributed by atoms with Crippen LogP contribution in [0.1, 0.15) is 65.7 Å². The van der Waals surface area contributed by atoms with Gasteiger partial charge in [-0.05, 0) is 42.9 Å². The molecule has 2 amide bonds. The number of likely N-dealkylation sites (tertiary alicyclic amines) is 1. The van der Waals surface area contributed by atoms with Crippen molar-refractivity contribution in [3.8, 4) is 0 Å². The highest BCUT2D eigenvalue weighted by atomic mass is 16.2. The van der Waals surface area contributed by atoms with Gasteiger partial charge in [-0.15, -0.1) is 0 Å². The van der Waals surface area contributed by atoms with Crippen LogP contribution in [0.3, 0.4) is 0 Å². The Morgan fingerprint density at radius 1 is 1.32 bits per heavy atom. The zero-order valence-corrected chi connectivity index (χ0v) is 13.9. The number of hydrazone groups is 1. The molecule has 1 saturated carbocycles. The molecule has 2 bridgehead atoms. The third-order valence-electron chi connectivity index (χ3n) is 5.34. The molecule has 1 saturated heterocycles. The monoisotopic (exact) mass is 305 g/mol. The first-order valence-corrected chi connectivity index (χ1v) is 8.40. The van der Waals surface area contributed by atoms with Crippen LogP contribution in [0.4, 0.5) is 0 Å². The van der Waals surface area contributed by atoms with Gasteiger partial charge in [0.1, 0.15) is 0 Å². The van der Waals surface area contributed by atoms with Crippen molar-refractivity contribution in [1.82, 2.24) is 10.3 Å². The lowest BCUT2D eigenvalue weighted by Gasteiger charge is -2.39. The van der Waals surface area contributed by atoms with Crippen molar-refractivity contribution in [3.63, 3.8) is 0 Å². The number of carbonyl (C=O) groups is 2. The Bertz CT molecular complexity index is 526. The molecule has 1 N–H and O–H groups in total. The zero-order valence-electron chi connectivity index (χ0n) is 13.9. The Morgan fingerprint density at radius 2 is 2.09 bits per heavy atom. The first kappa shape index (κ1) is 15.5. The van der Waals surface area contributed by atoms with E-state index in [9.17, 15) is 9.59 Å². The van der Waals surface area contributed by atoms with E-state index in [-0.39, 0.29) is 11.8 Å². The maximum atomic E-state index is 12.6. The lowest BCUT2D eigenvalue weighted by molar-refractivity contribution is -0.132. The lowest BCUT2D eigenvalue weighted by atomic mass is 9.65. The van der Waals surface area contributed by atoms with Crippen LogP contribution >= 0.6 is 0 Å². The van der Waals surface area contributed by atoms with E-state index in [0.29, 0.717) is 42.6 Å². The molecule has 0 aromatic carbocycles. The van der Waals surface area contributed by atoms with Crippen molar-refractivity contribution in [2.45, 2.75) is 71.8 Å². The normalized spacial score (nSPS) is 33.4. The fourth-order valence-electron chi connectivity index (χ4n) is 4.84. The minimum Gasteiger partial charge on any atom is -0.339 e. The SMILES string of the molecule is CC1(C)CC2C[C@@](C)(CN2C(=O)CCC2=NNC(=O)CC2)C1. The average molecular weight is 305 g/mol. The van der Waals surface area contributed by atoms with E-state index < -0.39 is 0 Å². The second-order valence-corrected chi connectivity index (χ2v) is 8.45. The molecule has 0 aromatic heterocycles. The summed E-state index contributed by atoms with van der Waals surface area (Å²) in [6.07, 6.45) is 5.84. The minimum atomic E-state index is -0.0291. The maximum Gasteiger partial charge on any atom is 0.240 e. The fourth-order valence-corrected chi connectivity index (χ4v) is 4.84. The van der Waals surface area contributed by atoms with E-state index in [1.54, 1.807) is 0 Å². The predicted octanol–water partition coefficient (Wildman–Crippen LogP) is 2.46. The topological polar surface area (TPSA) is 61.8 Å². The van der Waals surface area contributed by atoms with Gasteiger partial charge in [0.25, 0.3) is 0 Å². The molecule has 2 aliphatic heterocycles. The molecular weight excluding hydrogens is 278 g/mol. The highest BCUT2D eigenvalue weighted by Gasteiger charge is 2.50. The third kappa shape index (κ3) is 3.18. The number of amides is 2. The molecule has 2 atom stereocenters. The number of rotatable bonds is 3. The Kier molecular flexibility index (Phi) is 3.77. The molecule has 1 unspecified atom stereocenters. The lowest BCUT2D eigenvalue weighted by Crippen LogP contribution is -2.38. The Labute approximate surface area is 132 Å². The first-order valence-electron chi connectivity index (χ1n) is 8.40. The molecule has 3 aliphatic rings. The van der Waals surface area contributed by atoms with E-state index in [4.69, 9.17) is 0 Å². The largest absolute Gasteiger partial charge is 0.339 e. The first-order chi connectivity index (χ1) is 10.3. The summed E-state index contributed by atoms with van der Waals surface area (Å²) in [6, 6.07) is 0.411. The van der Waals surface area contributed by atoms with E-state index in [1.807, 2.05) is 0 Å². The molecule has 0 aromatic rings. The third-order valence-corrected chi connectivity index (χ3v) is 5.34. The molecule has 0 radical (unpaired) electrons. The number of hydrogen-bond donors (Lipinski definition) is 1. The van der Waals surface area contributed by atoms with Crippen LogP contribution in [-0.4, -0.2) is 35.0 Å². The summed E-state index contributed by atoms with van der Waals surface area (Å²) in [5.41, 5.74) is 4.08. The Balaban J connectivity index is 1.58. The molecule has 122 valence electrons. The minimum absolute atomic E-state index is 0.0291. The van der Waals surface area contributed by atoms with E-state index in [0.717, 1.165) is 25.1 Å². The van der Waals surface area contributed by atoms with Crippen LogP contribution in [-0.2, 0) is 9.59 Å². The summed E-state index contributed by atoms with van der Waals surface area (Å²) >= 11 is 0. The molecule has 2 fully saturated rings. The second-order valence-electron chi connectivity index (χ2n) is 8.45. The summed E-state index contributed by atoms with van der Waals surface area (Å²) in [4.78, 5) is 25.8. The van der Waals surface area contributed by atoms with Crippen LogP contribution in [0.2, 0.25) is 0 Å². The highest BCUT2D eigenvalue weighted by molar-refractivity contribution is 5.94. The fraction of sp³-hybridized carbons (Fsp3) is 0.824. The number of carbonyl (C=O) groups excluding carboxylic acids is 2. The number of nitrogens with one attached hydrogen (secondary N) is 1.